The van der Waals surface area contributed by atoms with Gasteiger partial charge in [0.2, 0.25) is 0 Å². The van der Waals surface area contributed by atoms with Gasteiger partial charge < -0.3 is 19.9 Å². The Balaban J connectivity index is 3.06. The van der Waals surface area contributed by atoms with Gasteiger partial charge in [0.05, 0.1) is 32.7 Å². The van der Waals surface area contributed by atoms with E-state index in [1.54, 1.807) is 4.72 Å². The van der Waals surface area contributed by atoms with E-state index in [0.29, 0.717) is 5.75 Å². The molecule has 0 aliphatic carbocycles. The fourth-order valence-electron chi connectivity index (χ4n) is 1.30. The van der Waals surface area contributed by atoms with Gasteiger partial charge in [0.1, 0.15) is 0 Å². The molecule has 0 aromatic heterocycles. The molecule has 0 spiro atoms. The van der Waals surface area contributed by atoms with Gasteiger partial charge in [0.25, 0.3) is 0 Å². The molecule has 0 saturated heterocycles. The Morgan fingerprint density at radius 2 is 1.70 bits per heavy atom. The van der Waals surface area contributed by atoms with Crippen LogP contribution >= 0.6 is 0 Å². The summed E-state index contributed by atoms with van der Waals surface area (Å²) in [5.74, 6) is 0.617. The first kappa shape index (κ1) is 15.7. The third kappa shape index (κ3) is 3.82. The molecule has 0 saturated carbocycles. The molecule has 0 heterocycles. The first-order chi connectivity index (χ1) is 9.32. The molecular weight excluding hydrogens is 290 g/mol. The van der Waals surface area contributed by atoms with Crippen molar-refractivity contribution in [2.75, 3.05) is 31.8 Å². The second-order valence-corrected chi connectivity index (χ2v) is 4.91. The molecule has 0 radical (unpaired) electrons. The summed E-state index contributed by atoms with van der Waals surface area (Å²) in [6.07, 6.45) is -1.13. The monoisotopic (exact) mass is 305 g/mol. The number of ether oxygens (including phenoxy) is 3. The normalized spacial score (nSPS) is 10.6. The summed E-state index contributed by atoms with van der Waals surface area (Å²) in [6, 6.07) is 2.71. The summed E-state index contributed by atoms with van der Waals surface area (Å²) < 4.78 is 41.2. The number of nitrogens with two attached hydrogens (primary N) is 1. The Hall–Kier alpha value is -2.36. The lowest BCUT2D eigenvalue weighted by Crippen LogP contribution is -2.35. The van der Waals surface area contributed by atoms with Gasteiger partial charge in [-0.15, -0.1) is 0 Å². The summed E-state index contributed by atoms with van der Waals surface area (Å²) in [5.41, 5.74) is 5.81. The van der Waals surface area contributed by atoms with E-state index < -0.39 is 16.3 Å². The molecule has 0 unspecified atom stereocenters. The first-order valence-corrected chi connectivity index (χ1v) is 6.71. The predicted molar refractivity (Wildman–Crippen MR) is 72.0 cm³/mol. The highest BCUT2D eigenvalue weighted by Crippen LogP contribution is 2.35. The van der Waals surface area contributed by atoms with E-state index in [-0.39, 0.29) is 17.1 Å². The number of nitrogens with one attached hydrogen (secondary N) is 2. The van der Waals surface area contributed by atoms with E-state index >= 15 is 0 Å². The van der Waals surface area contributed by atoms with Crippen molar-refractivity contribution in [3.05, 3.63) is 12.1 Å². The summed E-state index contributed by atoms with van der Waals surface area (Å²) in [4.78, 5) is 10.9. The average molecular weight is 305 g/mol. The van der Waals surface area contributed by atoms with E-state index in [9.17, 15) is 13.2 Å². The summed E-state index contributed by atoms with van der Waals surface area (Å²) in [5, 5.41) is 0. The maximum atomic E-state index is 11.6. The molecule has 1 aromatic carbocycles. The molecule has 1 amide bonds. The van der Waals surface area contributed by atoms with Gasteiger partial charge in [0, 0.05) is 12.1 Å². The van der Waals surface area contributed by atoms with E-state index in [1.807, 2.05) is 0 Å². The molecule has 10 heteroatoms. The number of anilines is 2. The van der Waals surface area contributed by atoms with E-state index in [4.69, 9.17) is 15.2 Å². The lowest BCUT2D eigenvalue weighted by Gasteiger charge is -2.14. The Bertz CT molecular complexity index is 601. The minimum Gasteiger partial charge on any atom is -0.493 e. The molecule has 0 fully saturated rings. The zero-order valence-electron chi connectivity index (χ0n) is 11.1. The Morgan fingerprint density at radius 3 is 2.20 bits per heavy atom. The molecule has 0 aliphatic heterocycles. The zero-order valence-corrected chi connectivity index (χ0v) is 11.9. The van der Waals surface area contributed by atoms with Crippen molar-refractivity contribution in [3.8, 4) is 11.5 Å². The molecule has 1 aromatic rings. The maximum absolute atomic E-state index is 11.6. The van der Waals surface area contributed by atoms with E-state index in [0.717, 1.165) is 7.11 Å². The largest absolute Gasteiger partial charge is 0.493 e. The van der Waals surface area contributed by atoms with Crippen LogP contribution in [-0.4, -0.2) is 35.8 Å². The number of carbonyl (C=O) groups excluding carboxylic acids is 1. The predicted octanol–water partition coefficient (Wildman–Crippen LogP) is 0.299. The molecule has 0 atom stereocenters. The molecule has 9 nitrogen and oxygen atoms in total. The highest BCUT2D eigenvalue weighted by atomic mass is 32.2. The molecule has 20 heavy (non-hydrogen) atoms. The minimum atomic E-state index is -4.16. The minimum absolute atomic E-state index is 0.0269. The van der Waals surface area contributed by atoms with Crippen molar-refractivity contribution >= 4 is 27.7 Å². The van der Waals surface area contributed by atoms with Crippen molar-refractivity contribution in [1.82, 2.24) is 4.72 Å². The summed E-state index contributed by atoms with van der Waals surface area (Å²) in [6.45, 7) is 0. The van der Waals surface area contributed by atoms with Crippen molar-refractivity contribution < 1.29 is 27.4 Å². The number of hydrogen-bond donors (Lipinski definition) is 3. The van der Waals surface area contributed by atoms with Crippen LogP contribution in [0.1, 0.15) is 0 Å². The standard InChI is InChI=1S/C10H15N3O6S/c1-17-8-4-6(11)7(5-9(8)18-2)12-20(15,16)13-10(14)19-3/h4-5,12H,11H2,1-3H3,(H,13,14). The molecule has 4 N–H and O–H groups in total. The number of methoxy groups -OCH3 is 3. The van der Waals surface area contributed by atoms with Gasteiger partial charge in [0.15, 0.2) is 11.5 Å². The zero-order chi connectivity index (χ0) is 15.3. The van der Waals surface area contributed by atoms with E-state index in [1.165, 1.54) is 26.4 Å². The van der Waals surface area contributed by atoms with Gasteiger partial charge in [-0.3, -0.25) is 4.72 Å². The van der Waals surface area contributed by atoms with Gasteiger partial charge in [-0.1, -0.05) is 0 Å². The second-order valence-electron chi connectivity index (χ2n) is 3.49. The van der Waals surface area contributed by atoms with Crippen LogP contribution in [0.5, 0.6) is 11.5 Å². The quantitative estimate of drug-likeness (QED) is 0.667. The molecular formula is C10H15N3O6S. The average Bonchev–Trinajstić information content (AvgIpc) is 2.39. The first-order valence-electron chi connectivity index (χ1n) is 5.23. The fraction of sp³-hybridized carbons (Fsp3) is 0.300. The highest BCUT2D eigenvalue weighted by Gasteiger charge is 2.17. The number of nitrogen functional groups attached to an aromatic ring is 1. The van der Waals surface area contributed by atoms with Gasteiger partial charge in [-0.05, 0) is 0 Å². The lowest BCUT2D eigenvalue weighted by atomic mass is 10.2. The molecule has 0 bridgehead atoms. The maximum Gasteiger partial charge on any atom is 0.422 e. The van der Waals surface area contributed by atoms with Crippen LogP contribution in [0.25, 0.3) is 0 Å². The third-order valence-electron chi connectivity index (χ3n) is 2.20. The number of rotatable bonds is 5. The fourth-order valence-corrected chi connectivity index (χ4v) is 2.12. The van der Waals surface area contributed by atoms with Crippen LogP contribution in [0.3, 0.4) is 0 Å². The summed E-state index contributed by atoms with van der Waals surface area (Å²) in [7, 11) is -0.322. The SMILES string of the molecule is COC(=O)NS(=O)(=O)Nc1cc(OC)c(OC)cc1N. The van der Waals surface area contributed by atoms with Crippen LogP contribution in [0.15, 0.2) is 12.1 Å². The van der Waals surface area contributed by atoms with Crippen LogP contribution < -0.4 is 24.7 Å². The second kappa shape index (κ2) is 6.19. The van der Waals surface area contributed by atoms with Crippen LogP contribution in [0, 0.1) is 0 Å². The van der Waals surface area contributed by atoms with Gasteiger partial charge in [-0.2, -0.15) is 8.42 Å². The lowest BCUT2D eigenvalue weighted by molar-refractivity contribution is 0.177. The van der Waals surface area contributed by atoms with Crippen molar-refractivity contribution in [3.63, 3.8) is 0 Å². The van der Waals surface area contributed by atoms with Crippen molar-refractivity contribution in [1.29, 1.82) is 0 Å². The Labute approximate surface area is 116 Å². The van der Waals surface area contributed by atoms with Crippen molar-refractivity contribution in [2.24, 2.45) is 0 Å². The van der Waals surface area contributed by atoms with Crippen LogP contribution in [0.4, 0.5) is 16.2 Å². The molecule has 1 rings (SSSR count). The number of amides is 1. The topological polar surface area (TPSA) is 129 Å². The van der Waals surface area contributed by atoms with Crippen molar-refractivity contribution in [2.45, 2.75) is 0 Å². The summed E-state index contributed by atoms with van der Waals surface area (Å²) >= 11 is 0. The highest BCUT2D eigenvalue weighted by molar-refractivity contribution is 7.91. The Kier molecular flexibility index (Phi) is 4.86. The number of benzene rings is 1. The smallest absolute Gasteiger partial charge is 0.422 e. The number of hydrogen-bond acceptors (Lipinski definition) is 7. The number of carbonyl (C=O) groups is 1. The van der Waals surface area contributed by atoms with Crippen LogP contribution in [-0.2, 0) is 14.9 Å². The van der Waals surface area contributed by atoms with Gasteiger partial charge in [-0.25, -0.2) is 9.52 Å². The van der Waals surface area contributed by atoms with Crippen LogP contribution in [0.2, 0.25) is 0 Å². The molecule has 112 valence electrons. The third-order valence-corrected chi connectivity index (χ3v) is 3.13. The van der Waals surface area contributed by atoms with Gasteiger partial charge >= 0.3 is 16.3 Å². The van der Waals surface area contributed by atoms with E-state index in [2.05, 4.69) is 9.46 Å². The molecule has 0 aliphatic rings. The Morgan fingerprint density at radius 1 is 1.15 bits per heavy atom.